The first-order chi connectivity index (χ1) is 15.4. The van der Waals surface area contributed by atoms with Gasteiger partial charge in [0.1, 0.15) is 0 Å². The lowest BCUT2D eigenvalue weighted by molar-refractivity contribution is 0.0891. The van der Waals surface area contributed by atoms with Crippen molar-refractivity contribution < 1.29 is 18.3 Å². The first kappa shape index (κ1) is 21.0. The number of benzene rings is 3. The van der Waals surface area contributed by atoms with Crippen LogP contribution in [0, 0.1) is 6.92 Å². The number of hydrogen-bond acceptors (Lipinski definition) is 6. The largest absolute Gasteiger partial charge is 0.453 e. The van der Waals surface area contributed by atoms with Gasteiger partial charge in [-0.3, -0.25) is 0 Å². The Bertz CT molecular complexity index is 1180. The lowest BCUT2D eigenvalue weighted by Crippen LogP contribution is -2.64. The number of aryl methyl sites for hydroxylation is 1. The Morgan fingerprint density at radius 1 is 0.938 bits per heavy atom. The summed E-state index contributed by atoms with van der Waals surface area (Å²) in [5.74, 6) is 1.39. The van der Waals surface area contributed by atoms with Crippen molar-refractivity contribution in [1.82, 2.24) is 10.0 Å². The van der Waals surface area contributed by atoms with E-state index in [9.17, 15) is 13.5 Å². The van der Waals surface area contributed by atoms with Crippen LogP contribution < -0.4 is 19.7 Å². The first-order valence-corrected chi connectivity index (χ1v) is 12.1. The van der Waals surface area contributed by atoms with Gasteiger partial charge in [-0.2, -0.15) is 0 Å². The van der Waals surface area contributed by atoms with E-state index in [1.807, 2.05) is 60.4 Å². The zero-order valence-corrected chi connectivity index (χ0v) is 18.4. The number of ether oxygens (including phenoxy) is 1. The number of hydrogen-bond donors (Lipinski definition) is 3. The average Bonchev–Trinajstić information content (AvgIpc) is 2.79. The molecule has 5 rings (SSSR count). The van der Waals surface area contributed by atoms with Crippen LogP contribution in [0.1, 0.15) is 5.56 Å². The minimum absolute atomic E-state index is 0.180. The van der Waals surface area contributed by atoms with Crippen LogP contribution in [0.3, 0.4) is 0 Å². The molecule has 0 aromatic heterocycles. The van der Waals surface area contributed by atoms with Gasteiger partial charge in [0.15, 0.2) is 11.5 Å². The van der Waals surface area contributed by atoms with Crippen LogP contribution in [0.25, 0.3) is 0 Å². The summed E-state index contributed by atoms with van der Waals surface area (Å²) < 4.78 is 34.7. The Hall–Kier alpha value is -2.91. The second-order valence-corrected chi connectivity index (χ2v) is 9.88. The number of anilines is 2. The van der Waals surface area contributed by atoms with Crippen LogP contribution in [0.5, 0.6) is 11.5 Å². The molecule has 166 valence electrons. The molecule has 2 aliphatic heterocycles. The number of nitrogens with one attached hydrogen (secondary N) is 2. The van der Waals surface area contributed by atoms with E-state index in [1.54, 1.807) is 24.3 Å². The molecular weight excluding hydrogens is 426 g/mol. The summed E-state index contributed by atoms with van der Waals surface area (Å²) in [7, 11) is -3.78. The number of aliphatic hydroxyl groups is 1. The lowest BCUT2D eigenvalue weighted by Gasteiger charge is -2.45. The molecule has 0 unspecified atom stereocenters. The van der Waals surface area contributed by atoms with E-state index >= 15 is 0 Å². The molecule has 0 bridgehead atoms. The summed E-state index contributed by atoms with van der Waals surface area (Å²) in [6.45, 7) is 2.73. The average molecular weight is 452 g/mol. The highest BCUT2D eigenvalue weighted by Gasteiger charge is 2.41. The Labute approximate surface area is 187 Å². The second-order valence-electron chi connectivity index (χ2n) is 8.16. The molecule has 2 aliphatic rings. The molecule has 8 heteroatoms. The van der Waals surface area contributed by atoms with Gasteiger partial charge in [-0.05, 0) is 43.3 Å². The predicted octanol–water partition coefficient (Wildman–Crippen LogP) is 2.92. The van der Waals surface area contributed by atoms with Gasteiger partial charge < -0.3 is 20.1 Å². The summed E-state index contributed by atoms with van der Waals surface area (Å²) in [4.78, 5) is 2.22. The molecule has 0 saturated carbocycles. The van der Waals surface area contributed by atoms with Crippen molar-refractivity contribution in [3.63, 3.8) is 0 Å². The smallest absolute Gasteiger partial charge is 0.240 e. The summed E-state index contributed by atoms with van der Waals surface area (Å²) in [5, 5.41) is 14.6. The summed E-state index contributed by atoms with van der Waals surface area (Å²) in [5.41, 5.74) is 2.64. The fourth-order valence-corrected chi connectivity index (χ4v) is 5.58. The van der Waals surface area contributed by atoms with Crippen molar-refractivity contribution >= 4 is 21.4 Å². The molecule has 7 nitrogen and oxygen atoms in total. The molecule has 0 amide bonds. The highest BCUT2D eigenvalue weighted by Crippen LogP contribution is 2.47. The molecule has 2 heterocycles. The fraction of sp³-hybridized carbons (Fsp3) is 0.250. The van der Waals surface area contributed by atoms with Crippen molar-refractivity contribution in [2.75, 3.05) is 18.0 Å². The third-order valence-corrected chi connectivity index (χ3v) is 7.47. The topological polar surface area (TPSA) is 90.9 Å². The van der Waals surface area contributed by atoms with Crippen molar-refractivity contribution in [3.8, 4) is 11.5 Å². The summed E-state index contributed by atoms with van der Waals surface area (Å²) >= 11 is 0. The summed E-state index contributed by atoms with van der Waals surface area (Å²) in [6, 6.07) is 20.9. The Balaban J connectivity index is 1.46. The van der Waals surface area contributed by atoms with E-state index in [2.05, 4.69) is 10.0 Å². The van der Waals surface area contributed by atoms with Crippen molar-refractivity contribution in [1.29, 1.82) is 0 Å². The van der Waals surface area contributed by atoms with E-state index in [1.165, 1.54) is 0 Å². The van der Waals surface area contributed by atoms with Crippen molar-refractivity contribution in [3.05, 3.63) is 78.4 Å². The van der Waals surface area contributed by atoms with Gasteiger partial charge in [-0.25, -0.2) is 13.1 Å². The van der Waals surface area contributed by atoms with Crippen LogP contribution in [0.4, 0.5) is 11.4 Å². The number of aliphatic hydroxyl groups excluding tert-OH is 1. The van der Waals surface area contributed by atoms with Crippen LogP contribution in [0.15, 0.2) is 77.7 Å². The standard InChI is InChI=1S/C24H25N3O4S/c1-16-10-12-17(13-11-16)32(29,30)26-18-14-25-15-21(24(18)28)27-19-6-2-4-8-22(19)31-23-9-5-3-7-20(23)27/h2-13,18,21,24-26,28H,14-15H2,1H3/t18-,21+,24+/m1/s1. The number of rotatable bonds is 4. The zero-order valence-electron chi connectivity index (χ0n) is 17.6. The molecule has 3 aromatic carbocycles. The Morgan fingerprint density at radius 3 is 2.16 bits per heavy atom. The molecule has 0 spiro atoms. The summed E-state index contributed by atoms with van der Waals surface area (Å²) in [6.07, 6.45) is -0.948. The van der Waals surface area contributed by atoms with E-state index in [-0.39, 0.29) is 4.90 Å². The van der Waals surface area contributed by atoms with Crippen LogP contribution in [-0.4, -0.2) is 44.8 Å². The maximum absolute atomic E-state index is 13.0. The van der Waals surface area contributed by atoms with Crippen LogP contribution in [-0.2, 0) is 10.0 Å². The van der Waals surface area contributed by atoms with Gasteiger partial charge in [0, 0.05) is 13.1 Å². The lowest BCUT2D eigenvalue weighted by atomic mass is 9.96. The van der Waals surface area contributed by atoms with E-state index in [0.717, 1.165) is 16.9 Å². The third kappa shape index (κ3) is 3.75. The van der Waals surface area contributed by atoms with Gasteiger partial charge in [0.25, 0.3) is 0 Å². The van der Waals surface area contributed by atoms with Gasteiger partial charge >= 0.3 is 0 Å². The van der Waals surface area contributed by atoms with Crippen LogP contribution >= 0.6 is 0 Å². The normalized spacial score (nSPS) is 22.6. The number of sulfonamides is 1. The van der Waals surface area contributed by atoms with Gasteiger partial charge in [0.2, 0.25) is 10.0 Å². The molecule has 1 fully saturated rings. The molecule has 0 aliphatic carbocycles. The van der Waals surface area contributed by atoms with Gasteiger partial charge in [-0.1, -0.05) is 42.0 Å². The molecule has 32 heavy (non-hydrogen) atoms. The quantitative estimate of drug-likeness (QED) is 0.565. The Morgan fingerprint density at radius 2 is 1.53 bits per heavy atom. The molecule has 0 radical (unpaired) electrons. The highest BCUT2D eigenvalue weighted by molar-refractivity contribution is 7.89. The zero-order chi connectivity index (χ0) is 22.3. The number of para-hydroxylation sites is 4. The molecule has 3 aromatic rings. The van der Waals surface area contributed by atoms with Crippen molar-refractivity contribution in [2.24, 2.45) is 0 Å². The van der Waals surface area contributed by atoms with Crippen LogP contribution in [0.2, 0.25) is 0 Å². The monoisotopic (exact) mass is 451 g/mol. The number of piperidine rings is 1. The maximum Gasteiger partial charge on any atom is 0.240 e. The van der Waals surface area contributed by atoms with Gasteiger partial charge in [-0.15, -0.1) is 0 Å². The molecule has 3 N–H and O–H groups in total. The highest BCUT2D eigenvalue weighted by atomic mass is 32.2. The number of nitrogens with zero attached hydrogens (tertiary/aromatic N) is 1. The second kappa shape index (κ2) is 8.22. The maximum atomic E-state index is 13.0. The third-order valence-electron chi connectivity index (χ3n) is 5.96. The molecule has 1 saturated heterocycles. The Kier molecular flexibility index (Phi) is 5.38. The molecular formula is C24H25N3O4S. The van der Waals surface area contributed by atoms with Gasteiger partial charge in [0.05, 0.1) is 34.5 Å². The van der Waals surface area contributed by atoms with E-state index < -0.39 is 28.2 Å². The SMILES string of the molecule is Cc1ccc(S(=O)(=O)N[C@@H]2CNC[C@H](N3c4ccccc4Oc4ccccc43)[C@H]2O)cc1. The number of fused-ring (bicyclic) bond motifs is 2. The minimum atomic E-state index is -3.78. The fourth-order valence-electron chi connectivity index (χ4n) is 4.33. The van der Waals surface area contributed by atoms with E-state index in [4.69, 9.17) is 4.74 Å². The van der Waals surface area contributed by atoms with Crippen molar-refractivity contribution in [2.45, 2.75) is 30.0 Å². The first-order valence-electron chi connectivity index (χ1n) is 10.6. The predicted molar refractivity (Wildman–Crippen MR) is 123 cm³/mol. The van der Waals surface area contributed by atoms with E-state index in [0.29, 0.717) is 24.6 Å². The minimum Gasteiger partial charge on any atom is -0.453 e. The molecule has 3 atom stereocenters.